The number of benzene rings is 2. The van der Waals surface area contributed by atoms with E-state index in [9.17, 15) is 4.79 Å². The molecule has 0 unspecified atom stereocenters. The van der Waals surface area contributed by atoms with Crippen molar-refractivity contribution < 1.29 is 9.53 Å². The van der Waals surface area contributed by atoms with Gasteiger partial charge in [-0.3, -0.25) is 9.69 Å². The number of nitrogens with one attached hydrogen (secondary N) is 1. The summed E-state index contributed by atoms with van der Waals surface area (Å²) in [5, 5.41) is 11.2. The van der Waals surface area contributed by atoms with Crippen LogP contribution in [-0.4, -0.2) is 34.1 Å². The van der Waals surface area contributed by atoms with Gasteiger partial charge in [0.2, 0.25) is 5.91 Å². The molecule has 30 heavy (non-hydrogen) atoms. The Morgan fingerprint density at radius 3 is 2.67 bits per heavy atom. The first-order valence-electron chi connectivity index (χ1n) is 9.84. The molecule has 1 N–H and O–H groups in total. The number of likely N-dealkylation sites (tertiary alicyclic amines) is 1. The number of carbonyl (C=O) groups excluding carboxylic acids is 1. The van der Waals surface area contributed by atoms with Gasteiger partial charge in [0.05, 0.1) is 5.92 Å². The molecule has 0 atom stereocenters. The summed E-state index contributed by atoms with van der Waals surface area (Å²) in [4.78, 5) is 14.5. The van der Waals surface area contributed by atoms with Gasteiger partial charge in [-0.2, -0.15) is 5.10 Å². The minimum Gasteiger partial charge on any atom is -0.489 e. The molecule has 0 bridgehead atoms. The Bertz CT molecular complexity index is 985. The van der Waals surface area contributed by atoms with E-state index in [2.05, 4.69) is 38.6 Å². The minimum absolute atomic E-state index is 0.00764. The molecular formula is C23H23ClN4O2. The summed E-state index contributed by atoms with van der Waals surface area (Å²) < 4.78 is 5.87. The van der Waals surface area contributed by atoms with Crippen LogP contribution < -0.4 is 10.1 Å². The lowest BCUT2D eigenvalue weighted by Crippen LogP contribution is -2.51. The standard InChI is InChI=1S/C23H23ClN4O2/c1-16-9-18(11-20(24)10-16)15-30-21-6-4-17(5-7-21)12-28-13-19(14-28)23(29)26-22-3-2-8-25-27-22/h2-11,19H,12-15H2,1H3,(H,26,27,29). The highest BCUT2D eigenvalue weighted by Gasteiger charge is 2.32. The topological polar surface area (TPSA) is 67.3 Å². The predicted molar refractivity (Wildman–Crippen MR) is 116 cm³/mol. The Hall–Kier alpha value is -2.96. The zero-order valence-corrected chi connectivity index (χ0v) is 17.5. The van der Waals surface area contributed by atoms with Gasteiger partial charge in [0.25, 0.3) is 0 Å². The number of hydrogen-bond acceptors (Lipinski definition) is 5. The Balaban J connectivity index is 1.22. The quantitative estimate of drug-likeness (QED) is 0.621. The molecule has 1 aromatic heterocycles. The van der Waals surface area contributed by atoms with Crippen molar-refractivity contribution in [3.63, 3.8) is 0 Å². The van der Waals surface area contributed by atoms with Crippen molar-refractivity contribution in [2.24, 2.45) is 5.92 Å². The summed E-state index contributed by atoms with van der Waals surface area (Å²) in [5.41, 5.74) is 3.36. The van der Waals surface area contributed by atoms with E-state index in [1.165, 1.54) is 5.56 Å². The average Bonchev–Trinajstić information content (AvgIpc) is 2.69. The van der Waals surface area contributed by atoms with Crippen molar-refractivity contribution in [2.75, 3.05) is 18.4 Å². The van der Waals surface area contributed by atoms with Gasteiger partial charge in [0, 0.05) is 30.9 Å². The molecule has 1 aliphatic heterocycles. The van der Waals surface area contributed by atoms with Crippen LogP contribution in [-0.2, 0) is 17.9 Å². The summed E-state index contributed by atoms with van der Waals surface area (Å²) in [6, 6.07) is 17.5. The van der Waals surface area contributed by atoms with E-state index in [0.717, 1.165) is 41.5 Å². The first kappa shape index (κ1) is 20.3. The van der Waals surface area contributed by atoms with Crippen LogP contribution in [0, 0.1) is 12.8 Å². The van der Waals surface area contributed by atoms with Crippen LogP contribution in [0.25, 0.3) is 0 Å². The normalized spacial score (nSPS) is 14.2. The zero-order chi connectivity index (χ0) is 20.9. The smallest absolute Gasteiger partial charge is 0.231 e. The monoisotopic (exact) mass is 422 g/mol. The van der Waals surface area contributed by atoms with E-state index in [1.54, 1.807) is 18.3 Å². The van der Waals surface area contributed by atoms with Crippen LogP contribution in [0.1, 0.15) is 16.7 Å². The highest BCUT2D eigenvalue weighted by atomic mass is 35.5. The fraction of sp³-hybridized carbons (Fsp3) is 0.261. The maximum Gasteiger partial charge on any atom is 0.231 e. The molecule has 1 fully saturated rings. The maximum atomic E-state index is 12.2. The van der Waals surface area contributed by atoms with Crippen molar-refractivity contribution in [3.05, 3.63) is 82.5 Å². The third-order valence-corrected chi connectivity index (χ3v) is 5.21. The lowest BCUT2D eigenvalue weighted by Gasteiger charge is -2.38. The molecule has 0 spiro atoms. The van der Waals surface area contributed by atoms with Gasteiger partial charge < -0.3 is 10.1 Å². The first-order chi connectivity index (χ1) is 14.5. The molecule has 4 rings (SSSR count). The van der Waals surface area contributed by atoms with Crippen LogP contribution in [0.5, 0.6) is 5.75 Å². The number of aryl methyl sites for hydroxylation is 1. The van der Waals surface area contributed by atoms with E-state index in [-0.39, 0.29) is 11.8 Å². The fourth-order valence-corrected chi connectivity index (χ4v) is 3.78. The van der Waals surface area contributed by atoms with Gasteiger partial charge in [-0.1, -0.05) is 29.8 Å². The lowest BCUT2D eigenvalue weighted by atomic mass is 9.98. The van der Waals surface area contributed by atoms with Gasteiger partial charge >= 0.3 is 0 Å². The second-order valence-corrected chi connectivity index (χ2v) is 8.00. The molecule has 0 saturated carbocycles. The molecule has 2 aromatic carbocycles. The van der Waals surface area contributed by atoms with Crippen LogP contribution in [0.2, 0.25) is 5.02 Å². The highest BCUT2D eigenvalue weighted by molar-refractivity contribution is 6.30. The number of hydrogen-bond donors (Lipinski definition) is 1. The Labute approximate surface area is 180 Å². The van der Waals surface area contributed by atoms with Gasteiger partial charge in [0.15, 0.2) is 5.82 Å². The molecule has 0 radical (unpaired) electrons. The predicted octanol–water partition coefficient (Wildman–Crippen LogP) is 4.09. The summed E-state index contributed by atoms with van der Waals surface area (Å²) in [5.74, 6) is 1.29. The van der Waals surface area contributed by atoms with E-state index in [1.807, 2.05) is 31.2 Å². The molecule has 154 valence electrons. The van der Waals surface area contributed by atoms with Crippen LogP contribution in [0.15, 0.2) is 60.8 Å². The molecule has 0 aliphatic carbocycles. The molecule has 2 heterocycles. The van der Waals surface area contributed by atoms with E-state index in [4.69, 9.17) is 16.3 Å². The van der Waals surface area contributed by atoms with Crippen molar-refractivity contribution in [3.8, 4) is 5.75 Å². The van der Waals surface area contributed by atoms with E-state index in [0.29, 0.717) is 12.4 Å². The first-order valence-corrected chi connectivity index (χ1v) is 10.2. The molecule has 1 amide bonds. The van der Waals surface area contributed by atoms with Crippen molar-refractivity contribution in [2.45, 2.75) is 20.1 Å². The molecule has 1 aliphatic rings. The van der Waals surface area contributed by atoms with Crippen LogP contribution in [0.3, 0.4) is 0 Å². The van der Waals surface area contributed by atoms with Crippen LogP contribution in [0.4, 0.5) is 5.82 Å². The largest absolute Gasteiger partial charge is 0.489 e. The summed E-state index contributed by atoms with van der Waals surface area (Å²) in [7, 11) is 0. The Morgan fingerprint density at radius 1 is 1.17 bits per heavy atom. The molecule has 3 aromatic rings. The van der Waals surface area contributed by atoms with Gasteiger partial charge in [0.1, 0.15) is 12.4 Å². The zero-order valence-electron chi connectivity index (χ0n) is 16.7. The summed E-state index contributed by atoms with van der Waals surface area (Å²) in [6.07, 6.45) is 1.58. The molecule has 7 heteroatoms. The second kappa shape index (κ2) is 9.24. The third kappa shape index (κ3) is 5.34. The van der Waals surface area contributed by atoms with E-state index >= 15 is 0 Å². The van der Waals surface area contributed by atoms with Gasteiger partial charge in [-0.05, 0) is 60.0 Å². The number of nitrogens with zero attached hydrogens (tertiary/aromatic N) is 3. The minimum atomic E-state index is -0.0178. The SMILES string of the molecule is Cc1cc(Cl)cc(COc2ccc(CN3CC(C(=O)Nc4cccnn4)C3)cc2)c1. The third-order valence-electron chi connectivity index (χ3n) is 4.99. The Morgan fingerprint density at radius 2 is 1.97 bits per heavy atom. The van der Waals surface area contributed by atoms with Crippen molar-refractivity contribution in [1.29, 1.82) is 0 Å². The Kier molecular flexibility index (Phi) is 6.26. The summed E-state index contributed by atoms with van der Waals surface area (Å²) in [6.45, 7) is 4.78. The average molecular weight is 423 g/mol. The lowest BCUT2D eigenvalue weighted by molar-refractivity contribution is -0.125. The fourth-order valence-electron chi connectivity index (χ4n) is 3.47. The number of anilines is 1. The molecular weight excluding hydrogens is 400 g/mol. The number of amides is 1. The van der Waals surface area contributed by atoms with E-state index < -0.39 is 0 Å². The molecule has 6 nitrogen and oxygen atoms in total. The number of rotatable bonds is 7. The van der Waals surface area contributed by atoms with Gasteiger partial charge in [-0.15, -0.1) is 5.10 Å². The number of carbonyl (C=O) groups is 1. The van der Waals surface area contributed by atoms with Crippen molar-refractivity contribution in [1.82, 2.24) is 15.1 Å². The number of ether oxygens (including phenoxy) is 1. The summed E-state index contributed by atoms with van der Waals surface area (Å²) >= 11 is 6.10. The van der Waals surface area contributed by atoms with Crippen LogP contribution >= 0.6 is 11.6 Å². The maximum absolute atomic E-state index is 12.2. The van der Waals surface area contributed by atoms with Crippen molar-refractivity contribution >= 4 is 23.3 Å². The molecule has 1 saturated heterocycles. The highest BCUT2D eigenvalue weighted by Crippen LogP contribution is 2.22. The van der Waals surface area contributed by atoms with Gasteiger partial charge in [-0.25, -0.2) is 0 Å². The second-order valence-electron chi connectivity index (χ2n) is 7.56. The number of halogens is 1. The number of aromatic nitrogens is 2.